The number of rotatable bonds is 4. The van der Waals surface area contributed by atoms with Gasteiger partial charge in [-0.1, -0.05) is 11.6 Å². The molecule has 0 aromatic carbocycles. The Morgan fingerprint density at radius 3 is 2.94 bits per heavy atom. The molecule has 2 rings (SSSR count). The third-order valence-corrected chi connectivity index (χ3v) is 4.76. The lowest BCUT2D eigenvalue weighted by Crippen LogP contribution is -2.29. The quantitative estimate of drug-likeness (QED) is 0.595. The first kappa shape index (κ1) is 13.8. The van der Waals surface area contributed by atoms with E-state index < -0.39 is 0 Å². The SMILES string of the molecule is CC(C)=CC[C@@H]1CCC[C@@H]1On1c(C)csc1=S. The van der Waals surface area contributed by atoms with E-state index in [1.54, 1.807) is 11.3 Å². The third-order valence-electron chi connectivity index (χ3n) is 3.48. The van der Waals surface area contributed by atoms with Crippen LogP contribution in [0.25, 0.3) is 0 Å². The monoisotopic (exact) mass is 283 g/mol. The molecular weight excluding hydrogens is 262 g/mol. The Bertz CT molecular complexity index is 482. The highest BCUT2D eigenvalue weighted by Gasteiger charge is 2.29. The van der Waals surface area contributed by atoms with Crippen LogP contribution in [0, 0.1) is 16.8 Å². The summed E-state index contributed by atoms with van der Waals surface area (Å²) >= 11 is 6.87. The highest BCUT2D eigenvalue weighted by Crippen LogP contribution is 2.30. The van der Waals surface area contributed by atoms with Crippen molar-refractivity contribution in [1.82, 2.24) is 4.73 Å². The van der Waals surface area contributed by atoms with Crippen LogP contribution in [0.2, 0.25) is 0 Å². The fourth-order valence-corrected chi connectivity index (χ4v) is 3.42. The fourth-order valence-electron chi connectivity index (χ4n) is 2.44. The second-order valence-electron chi connectivity index (χ2n) is 5.29. The van der Waals surface area contributed by atoms with Crippen LogP contribution in [-0.2, 0) is 0 Å². The molecule has 0 unspecified atom stereocenters. The van der Waals surface area contributed by atoms with Gasteiger partial charge in [-0.3, -0.25) is 0 Å². The summed E-state index contributed by atoms with van der Waals surface area (Å²) in [7, 11) is 0. The molecule has 0 bridgehead atoms. The number of thiazole rings is 1. The van der Waals surface area contributed by atoms with Crippen LogP contribution < -0.4 is 4.84 Å². The van der Waals surface area contributed by atoms with Gasteiger partial charge in [-0.15, -0.1) is 11.3 Å². The predicted molar refractivity (Wildman–Crippen MR) is 79.6 cm³/mol. The zero-order valence-corrected chi connectivity index (χ0v) is 12.9. The lowest BCUT2D eigenvalue weighted by atomic mass is 10.0. The largest absolute Gasteiger partial charge is 0.408 e. The van der Waals surface area contributed by atoms with Crippen molar-refractivity contribution in [3.63, 3.8) is 0 Å². The van der Waals surface area contributed by atoms with Gasteiger partial charge in [0, 0.05) is 11.3 Å². The summed E-state index contributed by atoms with van der Waals surface area (Å²) in [6, 6.07) is 0. The molecule has 1 fully saturated rings. The van der Waals surface area contributed by atoms with Crippen molar-refractivity contribution in [2.45, 2.75) is 52.6 Å². The lowest BCUT2D eigenvalue weighted by molar-refractivity contribution is 0.0110. The molecule has 1 saturated carbocycles. The van der Waals surface area contributed by atoms with E-state index in [1.807, 2.05) is 11.7 Å². The molecule has 0 N–H and O–H groups in total. The number of aryl methyl sites for hydroxylation is 1. The number of aromatic nitrogens is 1. The van der Waals surface area contributed by atoms with Gasteiger partial charge in [0.05, 0.1) is 5.69 Å². The maximum absolute atomic E-state index is 6.12. The van der Waals surface area contributed by atoms with Crippen LogP contribution in [0.4, 0.5) is 0 Å². The Kier molecular flexibility index (Phi) is 4.62. The van der Waals surface area contributed by atoms with E-state index >= 15 is 0 Å². The van der Waals surface area contributed by atoms with Crippen LogP contribution in [0.3, 0.4) is 0 Å². The van der Waals surface area contributed by atoms with Crippen molar-refractivity contribution >= 4 is 23.6 Å². The minimum Gasteiger partial charge on any atom is -0.408 e. The molecule has 0 aliphatic heterocycles. The number of hydrogen-bond donors (Lipinski definition) is 0. The molecule has 0 radical (unpaired) electrons. The molecule has 1 heterocycles. The van der Waals surface area contributed by atoms with Gasteiger partial charge >= 0.3 is 0 Å². The van der Waals surface area contributed by atoms with Gasteiger partial charge < -0.3 is 4.84 Å². The van der Waals surface area contributed by atoms with Crippen LogP contribution in [-0.4, -0.2) is 10.8 Å². The molecule has 2 atom stereocenters. The average molecular weight is 283 g/mol. The normalized spacial score (nSPS) is 23.1. The van der Waals surface area contributed by atoms with Crippen molar-refractivity contribution < 1.29 is 4.84 Å². The summed E-state index contributed by atoms with van der Waals surface area (Å²) in [6.45, 7) is 6.36. The van der Waals surface area contributed by atoms with Gasteiger partial charge in [0.1, 0.15) is 6.10 Å². The molecule has 0 spiro atoms. The summed E-state index contributed by atoms with van der Waals surface area (Å²) in [5.41, 5.74) is 2.50. The van der Waals surface area contributed by atoms with E-state index in [9.17, 15) is 0 Å². The van der Waals surface area contributed by atoms with Crippen molar-refractivity contribution in [1.29, 1.82) is 0 Å². The maximum Gasteiger partial charge on any atom is 0.196 e. The zero-order valence-electron chi connectivity index (χ0n) is 11.3. The Morgan fingerprint density at radius 1 is 1.56 bits per heavy atom. The molecule has 1 aliphatic carbocycles. The first-order chi connectivity index (χ1) is 8.58. The first-order valence-corrected chi connectivity index (χ1v) is 7.84. The Hall–Kier alpha value is -0.610. The van der Waals surface area contributed by atoms with Gasteiger partial charge in [-0.05, 0) is 58.7 Å². The van der Waals surface area contributed by atoms with Crippen molar-refractivity contribution in [2.75, 3.05) is 0 Å². The van der Waals surface area contributed by atoms with Crippen LogP contribution in [0.1, 0.15) is 45.2 Å². The van der Waals surface area contributed by atoms with Crippen LogP contribution in [0.5, 0.6) is 0 Å². The Balaban J connectivity index is 2.04. The third kappa shape index (κ3) is 3.23. The fraction of sp³-hybridized carbons (Fsp3) is 0.643. The van der Waals surface area contributed by atoms with Crippen molar-refractivity contribution in [2.24, 2.45) is 5.92 Å². The smallest absolute Gasteiger partial charge is 0.196 e. The summed E-state index contributed by atoms with van der Waals surface area (Å²) in [6.07, 6.45) is 7.46. The molecule has 0 amide bonds. The van der Waals surface area contributed by atoms with Gasteiger partial charge in [-0.25, -0.2) is 0 Å². The van der Waals surface area contributed by atoms with Gasteiger partial charge in [-0.2, -0.15) is 4.73 Å². The average Bonchev–Trinajstić information content (AvgIpc) is 2.88. The standard InChI is InChI=1S/C14H21NOS2/c1-10(2)7-8-12-5-4-6-13(12)16-15-11(3)9-18-14(15)17/h7,9,12-13H,4-6,8H2,1-3H3/t12-,13-/m0/s1. The van der Waals surface area contributed by atoms with E-state index in [4.69, 9.17) is 17.1 Å². The highest BCUT2D eigenvalue weighted by atomic mass is 32.1. The summed E-state index contributed by atoms with van der Waals surface area (Å²) in [4.78, 5) is 6.12. The van der Waals surface area contributed by atoms with Gasteiger partial charge in [0.15, 0.2) is 3.95 Å². The second kappa shape index (κ2) is 6.02. The minimum atomic E-state index is 0.320. The predicted octanol–water partition coefficient (Wildman–Crippen LogP) is 4.54. The van der Waals surface area contributed by atoms with Crippen LogP contribution >= 0.6 is 23.6 Å². The summed E-state index contributed by atoms with van der Waals surface area (Å²) in [5.74, 6) is 0.640. The first-order valence-electron chi connectivity index (χ1n) is 6.55. The Labute approximate surface area is 118 Å². The molecule has 1 aromatic rings. The summed E-state index contributed by atoms with van der Waals surface area (Å²) in [5, 5.41) is 2.06. The molecule has 18 heavy (non-hydrogen) atoms. The topological polar surface area (TPSA) is 14.2 Å². The molecule has 2 nitrogen and oxygen atoms in total. The van der Waals surface area contributed by atoms with Gasteiger partial charge in [0.2, 0.25) is 0 Å². The van der Waals surface area contributed by atoms with Crippen LogP contribution in [0.15, 0.2) is 17.0 Å². The Morgan fingerprint density at radius 2 is 2.33 bits per heavy atom. The number of hydrogen-bond acceptors (Lipinski definition) is 3. The maximum atomic E-state index is 6.12. The second-order valence-corrected chi connectivity index (χ2v) is 6.79. The van der Waals surface area contributed by atoms with E-state index in [0.717, 1.165) is 22.5 Å². The van der Waals surface area contributed by atoms with E-state index in [2.05, 4.69) is 25.3 Å². The van der Waals surface area contributed by atoms with E-state index in [0.29, 0.717) is 12.0 Å². The van der Waals surface area contributed by atoms with Crippen molar-refractivity contribution in [3.8, 4) is 0 Å². The lowest BCUT2D eigenvalue weighted by Gasteiger charge is -2.21. The van der Waals surface area contributed by atoms with E-state index in [1.165, 1.54) is 18.4 Å². The minimum absolute atomic E-state index is 0.320. The highest BCUT2D eigenvalue weighted by molar-refractivity contribution is 7.73. The molecule has 1 aliphatic rings. The van der Waals surface area contributed by atoms with E-state index in [-0.39, 0.29) is 0 Å². The zero-order chi connectivity index (χ0) is 13.1. The number of nitrogens with zero attached hydrogens (tertiary/aromatic N) is 1. The van der Waals surface area contributed by atoms with Crippen molar-refractivity contribution in [3.05, 3.63) is 26.7 Å². The molecule has 4 heteroatoms. The van der Waals surface area contributed by atoms with Gasteiger partial charge in [0.25, 0.3) is 0 Å². The molecule has 1 aromatic heterocycles. The molecule has 0 saturated heterocycles. The summed E-state index contributed by atoms with van der Waals surface area (Å²) < 4.78 is 2.66. The molecular formula is C14H21NOS2. The number of allylic oxidation sites excluding steroid dienone is 2. The molecule has 100 valence electrons.